The van der Waals surface area contributed by atoms with Gasteiger partial charge in [-0.05, 0) is 49.3 Å². The second kappa shape index (κ2) is 5.09. The van der Waals surface area contributed by atoms with Crippen LogP contribution in [-0.2, 0) is 13.2 Å². The highest BCUT2D eigenvalue weighted by molar-refractivity contribution is 7.71. The Kier molecular flexibility index (Phi) is 3.24. The fraction of sp³-hybridized carbons (Fsp3) is 0.571. The molecule has 2 heterocycles. The number of nitrogens with zero attached hydrogens (tertiary/aromatic N) is 4. The summed E-state index contributed by atoms with van der Waals surface area (Å²) in [4.78, 5) is 3.93. The van der Waals surface area contributed by atoms with Gasteiger partial charge in [0.25, 0.3) is 0 Å². The molecule has 0 amide bonds. The molecule has 4 rings (SSSR count). The van der Waals surface area contributed by atoms with Crippen LogP contribution in [0.1, 0.15) is 36.6 Å². The summed E-state index contributed by atoms with van der Waals surface area (Å²) in [7, 11) is 0. The molecular formula is C14H18N4S2. The van der Waals surface area contributed by atoms with Gasteiger partial charge in [0.05, 0.1) is 6.67 Å². The van der Waals surface area contributed by atoms with Crippen molar-refractivity contribution in [2.24, 2.45) is 0 Å². The summed E-state index contributed by atoms with van der Waals surface area (Å²) in [5, 5.41) is 6.64. The van der Waals surface area contributed by atoms with Crippen LogP contribution in [0.4, 0.5) is 0 Å². The van der Waals surface area contributed by atoms with Gasteiger partial charge in [0.2, 0.25) is 0 Å². The third-order valence-corrected chi connectivity index (χ3v) is 5.30. The lowest BCUT2D eigenvalue weighted by molar-refractivity contribution is 0.188. The van der Waals surface area contributed by atoms with Crippen molar-refractivity contribution in [3.05, 3.63) is 33.5 Å². The fourth-order valence-corrected chi connectivity index (χ4v) is 3.59. The Morgan fingerprint density at radius 2 is 2.20 bits per heavy atom. The monoisotopic (exact) mass is 306 g/mol. The predicted molar refractivity (Wildman–Crippen MR) is 82.2 cm³/mol. The summed E-state index contributed by atoms with van der Waals surface area (Å²) in [5.74, 6) is 0. The first kappa shape index (κ1) is 12.7. The molecule has 6 heteroatoms. The molecule has 0 unspecified atom stereocenters. The zero-order valence-electron chi connectivity index (χ0n) is 11.3. The SMILES string of the molecule is S=c1n(C2CC2)cnn1CN(Cc1cccs1)C1CC1. The van der Waals surface area contributed by atoms with Gasteiger partial charge in [0, 0.05) is 23.5 Å². The van der Waals surface area contributed by atoms with Gasteiger partial charge in [-0.15, -0.1) is 11.3 Å². The lowest BCUT2D eigenvalue weighted by Gasteiger charge is -2.20. The Bertz CT molecular complexity index is 634. The molecule has 2 aromatic rings. The van der Waals surface area contributed by atoms with Gasteiger partial charge < -0.3 is 4.57 Å². The Morgan fingerprint density at radius 1 is 1.35 bits per heavy atom. The molecule has 0 radical (unpaired) electrons. The van der Waals surface area contributed by atoms with E-state index in [2.05, 4.69) is 32.1 Å². The van der Waals surface area contributed by atoms with E-state index in [9.17, 15) is 0 Å². The van der Waals surface area contributed by atoms with Crippen LogP contribution in [0.5, 0.6) is 0 Å². The minimum absolute atomic E-state index is 0.614. The van der Waals surface area contributed by atoms with E-state index >= 15 is 0 Å². The number of hydrogen-bond donors (Lipinski definition) is 0. The van der Waals surface area contributed by atoms with E-state index < -0.39 is 0 Å². The lowest BCUT2D eigenvalue weighted by Crippen LogP contribution is -2.28. The summed E-state index contributed by atoms with van der Waals surface area (Å²) in [5.41, 5.74) is 0. The van der Waals surface area contributed by atoms with Crippen LogP contribution >= 0.6 is 23.6 Å². The summed E-state index contributed by atoms with van der Waals surface area (Å²) in [6.45, 7) is 1.83. The quantitative estimate of drug-likeness (QED) is 0.765. The molecule has 0 aromatic carbocycles. The first-order valence-electron chi connectivity index (χ1n) is 7.21. The van der Waals surface area contributed by atoms with Crippen molar-refractivity contribution >= 4 is 23.6 Å². The van der Waals surface area contributed by atoms with E-state index in [0.717, 1.165) is 18.0 Å². The summed E-state index contributed by atoms with van der Waals surface area (Å²) >= 11 is 7.38. The highest BCUT2D eigenvalue weighted by Crippen LogP contribution is 2.35. The van der Waals surface area contributed by atoms with Gasteiger partial charge >= 0.3 is 0 Å². The summed E-state index contributed by atoms with van der Waals surface area (Å²) in [6, 6.07) is 5.66. The molecule has 4 nitrogen and oxygen atoms in total. The Balaban J connectivity index is 1.51. The molecule has 20 heavy (non-hydrogen) atoms. The first-order valence-corrected chi connectivity index (χ1v) is 8.50. The normalized spacial score (nSPS) is 18.9. The van der Waals surface area contributed by atoms with E-state index in [-0.39, 0.29) is 0 Å². The van der Waals surface area contributed by atoms with Gasteiger partial charge in [-0.1, -0.05) is 6.07 Å². The van der Waals surface area contributed by atoms with Crippen molar-refractivity contribution in [3.8, 4) is 0 Å². The molecule has 2 saturated carbocycles. The number of rotatable bonds is 6. The van der Waals surface area contributed by atoms with Crippen molar-refractivity contribution in [1.29, 1.82) is 0 Å². The van der Waals surface area contributed by atoms with E-state index in [0.29, 0.717) is 12.1 Å². The van der Waals surface area contributed by atoms with Gasteiger partial charge in [0.15, 0.2) is 4.77 Å². The maximum atomic E-state index is 5.55. The molecule has 2 aliphatic carbocycles. The predicted octanol–water partition coefficient (Wildman–Crippen LogP) is 3.43. The van der Waals surface area contributed by atoms with E-state index in [1.54, 1.807) is 0 Å². The molecule has 0 spiro atoms. The third-order valence-electron chi connectivity index (χ3n) is 4.02. The molecular weight excluding hydrogens is 288 g/mol. The Hall–Kier alpha value is -0.980. The van der Waals surface area contributed by atoms with Gasteiger partial charge in [-0.3, -0.25) is 4.90 Å². The molecule has 2 fully saturated rings. The van der Waals surface area contributed by atoms with Crippen molar-refractivity contribution in [3.63, 3.8) is 0 Å². The molecule has 106 valence electrons. The molecule has 0 saturated heterocycles. The number of thiophene rings is 1. The zero-order valence-corrected chi connectivity index (χ0v) is 12.9. The Morgan fingerprint density at radius 3 is 2.85 bits per heavy atom. The third kappa shape index (κ3) is 2.60. The minimum atomic E-state index is 0.614. The Labute approximate surface area is 127 Å². The van der Waals surface area contributed by atoms with Gasteiger partial charge in [-0.25, -0.2) is 4.68 Å². The van der Waals surface area contributed by atoms with Crippen LogP contribution < -0.4 is 0 Å². The van der Waals surface area contributed by atoms with E-state index in [1.807, 2.05) is 22.3 Å². The smallest absolute Gasteiger partial charge is 0.199 e. The lowest BCUT2D eigenvalue weighted by atomic mass is 10.4. The molecule has 0 bridgehead atoms. The van der Waals surface area contributed by atoms with Crippen LogP contribution in [0.25, 0.3) is 0 Å². The largest absolute Gasteiger partial charge is 0.303 e. The summed E-state index contributed by atoms with van der Waals surface area (Å²) < 4.78 is 5.02. The minimum Gasteiger partial charge on any atom is -0.303 e. The van der Waals surface area contributed by atoms with Crippen LogP contribution in [0.15, 0.2) is 23.8 Å². The van der Waals surface area contributed by atoms with Crippen LogP contribution in [-0.4, -0.2) is 25.3 Å². The van der Waals surface area contributed by atoms with Crippen molar-refractivity contribution < 1.29 is 0 Å². The van der Waals surface area contributed by atoms with Crippen LogP contribution in [0.2, 0.25) is 0 Å². The average Bonchev–Trinajstić information content (AvgIpc) is 3.37. The highest BCUT2D eigenvalue weighted by atomic mass is 32.1. The van der Waals surface area contributed by atoms with E-state index in [4.69, 9.17) is 12.2 Å². The maximum Gasteiger partial charge on any atom is 0.199 e. The molecule has 2 aliphatic rings. The van der Waals surface area contributed by atoms with Crippen LogP contribution in [0.3, 0.4) is 0 Å². The molecule has 2 aromatic heterocycles. The number of aromatic nitrogens is 3. The number of hydrogen-bond acceptors (Lipinski definition) is 4. The molecule has 0 atom stereocenters. The molecule has 0 aliphatic heterocycles. The standard InChI is InChI=1S/C14H18N4S2/c19-14-17(12-5-6-12)9-15-18(14)10-16(11-3-4-11)8-13-2-1-7-20-13/h1-2,7,9,11-12H,3-6,8,10H2. The van der Waals surface area contributed by atoms with Crippen molar-refractivity contribution in [2.75, 3.05) is 0 Å². The van der Waals surface area contributed by atoms with Crippen LogP contribution in [0, 0.1) is 4.77 Å². The molecule has 0 N–H and O–H groups in total. The maximum absolute atomic E-state index is 5.55. The van der Waals surface area contributed by atoms with Gasteiger partial charge in [0.1, 0.15) is 6.33 Å². The van der Waals surface area contributed by atoms with Crippen molar-refractivity contribution in [1.82, 2.24) is 19.2 Å². The fourth-order valence-electron chi connectivity index (χ4n) is 2.56. The van der Waals surface area contributed by atoms with Crippen molar-refractivity contribution in [2.45, 2.75) is 51.0 Å². The topological polar surface area (TPSA) is 26.0 Å². The first-order chi connectivity index (χ1) is 9.81. The second-order valence-electron chi connectivity index (χ2n) is 5.75. The summed E-state index contributed by atoms with van der Waals surface area (Å²) in [6.07, 6.45) is 7.03. The zero-order chi connectivity index (χ0) is 13.5. The average molecular weight is 306 g/mol. The van der Waals surface area contributed by atoms with E-state index in [1.165, 1.54) is 30.6 Å². The highest BCUT2D eigenvalue weighted by Gasteiger charge is 2.30. The van der Waals surface area contributed by atoms with Gasteiger partial charge in [-0.2, -0.15) is 5.10 Å². The second-order valence-corrected chi connectivity index (χ2v) is 7.15.